The van der Waals surface area contributed by atoms with E-state index >= 15 is 0 Å². The van der Waals surface area contributed by atoms with Crippen LogP contribution in [0.4, 0.5) is 5.69 Å². The molecule has 2 rings (SSSR count). The number of para-hydroxylation sites is 1. The van der Waals surface area contributed by atoms with E-state index in [2.05, 4.69) is 69.4 Å². The van der Waals surface area contributed by atoms with Crippen LogP contribution in [0.2, 0.25) is 0 Å². The molecule has 0 unspecified atom stereocenters. The lowest BCUT2D eigenvalue weighted by atomic mass is 9.92. The van der Waals surface area contributed by atoms with Crippen molar-refractivity contribution in [3.63, 3.8) is 0 Å². The summed E-state index contributed by atoms with van der Waals surface area (Å²) in [5.74, 6) is 1.10. The fraction of sp³-hybridized carbons (Fsp3) is 0.562. The molecule has 2 nitrogen and oxygen atoms in total. The van der Waals surface area contributed by atoms with Crippen LogP contribution >= 0.6 is 0 Å². The minimum atomic E-state index is 0.548. The van der Waals surface area contributed by atoms with Crippen LogP contribution in [0.25, 0.3) is 0 Å². The van der Waals surface area contributed by atoms with E-state index in [0.29, 0.717) is 11.8 Å². The quantitative estimate of drug-likeness (QED) is 0.800. The second-order valence-corrected chi connectivity index (χ2v) is 5.77. The molecule has 0 amide bonds. The van der Waals surface area contributed by atoms with Gasteiger partial charge in [0.1, 0.15) is 0 Å². The minimum Gasteiger partial charge on any atom is -0.345 e. The van der Waals surface area contributed by atoms with Gasteiger partial charge in [-0.1, -0.05) is 45.9 Å². The summed E-state index contributed by atoms with van der Waals surface area (Å²) >= 11 is 0. The molecule has 1 aromatic carbocycles. The molecule has 1 aliphatic heterocycles. The lowest BCUT2D eigenvalue weighted by Gasteiger charge is -2.27. The van der Waals surface area contributed by atoms with Crippen molar-refractivity contribution in [1.29, 1.82) is 0 Å². The van der Waals surface area contributed by atoms with Gasteiger partial charge in [-0.25, -0.2) is 0 Å². The third kappa shape index (κ3) is 2.54. The Morgan fingerprint density at radius 2 is 1.56 bits per heavy atom. The Morgan fingerprint density at radius 1 is 1.00 bits per heavy atom. The molecule has 2 heteroatoms. The lowest BCUT2D eigenvalue weighted by Crippen LogP contribution is -2.20. The van der Waals surface area contributed by atoms with Gasteiger partial charge in [0.2, 0.25) is 0 Å². The Hall–Kier alpha value is -1.02. The van der Waals surface area contributed by atoms with Gasteiger partial charge in [-0.15, -0.1) is 0 Å². The van der Waals surface area contributed by atoms with Crippen LogP contribution in [0.15, 0.2) is 18.2 Å². The van der Waals surface area contributed by atoms with Gasteiger partial charge in [0, 0.05) is 18.8 Å². The fourth-order valence-corrected chi connectivity index (χ4v) is 2.54. The Morgan fingerprint density at radius 3 is 1.94 bits per heavy atom. The maximum absolute atomic E-state index is 3.43. The Kier molecular flexibility index (Phi) is 3.96. The van der Waals surface area contributed by atoms with Crippen LogP contribution in [0.1, 0.15) is 50.7 Å². The van der Waals surface area contributed by atoms with Crippen molar-refractivity contribution < 1.29 is 0 Å². The van der Waals surface area contributed by atoms with E-state index < -0.39 is 0 Å². The third-order valence-corrected chi connectivity index (χ3v) is 3.56. The van der Waals surface area contributed by atoms with Crippen LogP contribution < -0.4 is 4.90 Å². The first-order chi connectivity index (χ1) is 8.50. The van der Waals surface area contributed by atoms with Crippen LogP contribution in [0, 0.1) is 6.67 Å². The standard InChI is InChI=1S/C16H24N2/c1-12(2)14-7-6-8-15(13(3)4)16(14)18-10-9-17(5)11-18/h6-8,12-13H,9-10H2,1-5H3. The smallest absolute Gasteiger partial charge is 0.177 e. The van der Waals surface area contributed by atoms with E-state index in [0.717, 1.165) is 13.1 Å². The van der Waals surface area contributed by atoms with Crippen molar-refractivity contribution in [3.8, 4) is 0 Å². The summed E-state index contributed by atoms with van der Waals surface area (Å²) in [7, 11) is 2.09. The molecule has 1 aliphatic rings. The average Bonchev–Trinajstić information content (AvgIpc) is 2.74. The first kappa shape index (κ1) is 13.4. The van der Waals surface area contributed by atoms with Crippen LogP contribution in [0.3, 0.4) is 0 Å². The van der Waals surface area contributed by atoms with Crippen molar-refractivity contribution in [2.24, 2.45) is 0 Å². The number of hydrogen-bond acceptors (Lipinski definition) is 2. The van der Waals surface area contributed by atoms with Crippen molar-refractivity contribution in [1.82, 2.24) is 4.90 Å². The summed E-state index contributed by atoms with van der Waals surface area (Å²) in [6.07, 6.45) is 0. The zero-order chi connectivity index (χ0) is 13.3. The highest BCUT2D eigenvalue weighted by molar-refractivity contribution is 5.63. The molecular formula is C16H24N2. The number of hydrogen-bond donors (Lipinski definition) is 0. The first-order valence-electron chi connectivity index (χ1n) is 6.88. The van der Waals surface area contributed by atoms with Gasteiger partial charge in [-0.05, 0) is 30.0 Å². The zero-order valence-electron chi connectivity index (χ0n) is 12.2. The summed E-state index contributed by atoms with van der Waals surface area (Å²) in [6, 6.07) is 6.70. The normalized spacial score (nSPS) is 17.2. The van der Waals surface area contributed by atoms with Crippen LogP contribution in [-0.2, 0) is 0 Å². The molecule has 0 atom stereocenters. The summed E-state index contributed by atoms with van der Waals surface area (Å²) in [5.41, 5.74) is 4.25. The van der Waals surface area contributed by atoms with Gasteiger partial charge < -0.3 is 4.90 Å². The summed E-state index contributed by atoms with van der Waals surface area (Å²) in [5, 5.41) is 0. The predicted molar refractivity (Wildman–Crippen MR) is 77.8 cm³/mol. The molecule has 0 spiro atoms. The molecule has 1 saturated heterocycles. The highest BCUT2D eigenvalue weighted by Crippen LogP contribution is 2.36. The molecule has 0 bridgehead atoms. The highest BCUT2D eigenvalue weighted by Gasteiger charge is 2.25. The molecule has 0 N–H and O–H groups in total. The van der Waals surface area contributed by atoms with Gasteiger partial charge in [-0.3, -0.25) is 4.90 Å². The molecule has 0 aromatic heterocycles. The molecule has 98 valence electrons. The van der Waals surface area contributed by atoms with E-state index in [1.807, 2.05) is 0 Å². The van der Waals surface area contributed by atoms with Crippen molar-refractivity contribution in [3.05, 3.63) is 36.0 Å². The van der Waals surface area contributed by atoms with Crippen LogP contribution in [-0.4, -0.2) is 25.0 Å². The van der Waals surface area contributed by atoms with E-state index in [9.17, 15) is 0 Å². The molecule has 0 saturated carbocycles. The summed E-state index contributed by atoms with van der Waals surface area (Å²) in [4.78, 5) is 4.44. The summed E-state index contributed by atoms with van der Waals surface area (Å²) < 4.78 is 0. The highest BCUT2D eigenvalue weighted by atomic mass is 15.4. The molecule has 18 heavy (non-hydrogen) atoms. The van der Waals surface area contributed by atoms with E-state index in [4.69, 9.17) is 0 Å². The van der Waals surface area contributed by atoms with Gasteiger partial charge >= 0.3 is 0 Å². The average molecular weight is 244 g/mol. The van der Waals surface area contributed by atoms with Crippen molar-refractivity contribution in [2.45, 2.75) is 39.5 Å². The first-order valence-corrected chi connectivity index (χ1v) is 6.88. The molecule has 1 heterocycles. The molecule has 1 aromatic rings. The molecular weight excluding hydrogens is 220 g/mol. The maximum atomic E-state index is 3.43. The van der Waals surface area contributed by atoms with Gasteiger partial charge in [0.05, 0.1) is 0 Å². The van der Waals surface area contributed by atoms with E-state index in [1.165, 1.54) is 16.8 Å². The summed E-state index contributed by atoms with van der Waals surface area (Å²) in [6.45, 7) is 14.6. The Labute approximate surface area is 112 Å². The van der Waals surface area contributed by atoms with Gasteiger partial charge in [0.25, 0.3) is 0 Å². The maximum Gasteiger partial charge on any atom is 0.177 e. The van der Waals surface area contributed by atoms with Crippen LogP contribution in [0.5, 0.6) is 0 Å². The van der Waals surface area contributed by atoms with Crippen molar-refractivity contribution in [2.75, 3.05) is 25.0 Å². The number of anilines is 1. The lowest BCUT2D eigenvalue weighted by molar-refractivity contribution is 0.480. The number of nitrogens with zero attached hydrogens (tertiary/aromatic N) is 2. The van der Waals surface area contributed by atoms with E-state index in [-0.39, 0.29) is 0 Å². The Bertz CT molecular complexity index is 383. The second-order valence-electron chi connectivity index (χ2n) is 5.77. The van der Waals surface area contributed by atoms with Crippen molar-refractivity contribution >= 4 is 5.69 Å². The van der Waals surface area contributed by atoms with Gasteiger partial charge in [-0.2, -0.15) is 0 Å². The molecule has 2 radical (unpaired) electrons. The monoisotopic (exact) mass is 244 g/mol. The third-order valence-electron chi connectivity index (χ3n) is 3.56. The Balaban J connectivity index is 2.46. The number of benzene rings is 1. The number of likely N-dealkylation sites (N-methyl/N-ethyl adjacent to an activating group) is 1. The number of rotatable bonds is 3. The minimum absolute atomic E-state index is 0.548. The second kappa shape index (κ2) is 5.31. The molecule has 1 fully saturated rings. The fourth-order valence-electron chi connectivity index (χ4n) is 2.54. The zero-order valence-corrected chi connectivity index (χ0v) is 12.2. The predicted octanol–water partition coefficient (Wildman–Crippen LogP) is 3.68. The largest absolute Gasteiger partial charge is 0.345 e. The van der Waals surface area contributed by atoms with E-state index in [1.54, 1.807) is 0 Å². The van der Waals surface area contributed by atoms with Gasteiger partial charge in [0.15, 0.2) is 6.67 Å². The SMILES string of the molecule is CC(C)c1cccc(C(C)C)c1N1[C]N(C)CC1. The topological polar surface area (TPSA) is 6.48 Å². The molecule has 0 aliphatic carbocycles.